The number of nitrogens with zero attached hydrogens (tertiary/aromatic N) is 5. The molecule has 0 unspecified atom stereocenters. The van der Waals surface area contributed by atoms with Crippen LogP contribution in [0.25, 0.3) is 11.2 Å². The van der Waals surface area contributed by atoms with Crippen LogP contribution in [0, 0.1) is 5.92 Å². The first-order valence-corrected chi connectivity index (χ1v) is 12.0. The molecule has 1 amide bonds. The number of carbonyl (C=O) groups excluding carboxylic acids is 1. The number of hydrogen-bond donors (Lipinski definition) is 1. The Labute approximate surface area is 178 Å². The lowest BCUT2D eigenvalue weighted by Crippen LogP contribution is -2.46. The first-order valence-electron chi connectivity index (χ1n) is 12.0. The van der Waals surface area contributed by atoms with Crippen LogP contribution < -0.4 is 10.2 Å². The van der Waals surface area contributed by atoms with Crippen LogP contribution in [0.3, 0.4) is 0 Å². The van der Waals surface area contributed by atoms with Gasteiger partial charge in [-0.1, -0.05) is 32.1 Å². The van der Waals surface area contributed by atoms with Gasteiger partial charge in [-0.2, -0.15) is 0 Å². The first kappa shape index (κ1) is 19.8. The predicted molar refractivity (Wildman–Crippen MR) is 117 cm³/mol. The van der Waals surface area contributed by atoms with Crippen molar-refractivity contribution in [3.8, 4) is 0 Å². The van der Waals surface area contributed by atoms with Crippen LogP contribution in [0.15, 0.2) is 6.33 Å². The van der Waals surface area contributed by atoms with Gasteiger partial charge in [0, 0.05) is 32.1 Å². The topological polar surface area (TPSA) is 75.9 Å². The molecule has 0 spiro atoms. The molecule has 3 aliphatic rings. The Morgan fingerprint density at radius 2 is 1.77 bits per heavy atom. The Bertz CT molecular complexity index is 885. The number of fused-ring (bicyclic) bond motifs is 3. The van der Waals surface area contributed by atoms with Crippen molar-refractivity contribution < 1.29 is 4.79 Å². The number of hydrogen-bond acceptors (Lipinski definition) is 5. The molecule has 4 heterocycles. The Hall–Kier alpha value is -2.18. The third-order valence-electron chi connectivity index (χ3n) is 7.17. The summed E-state index contributed by atoms with van der Waals surface area (Å²) in [7, 11) is 0. The average molecular weight is 411 g/mol. The smallest absolute Gasteiger partial charge is 0.225 e. The summed E-state index contributed by atoms with van der Waals surface area (Å²) in [5, 5.41) is 3.37. The summed E-state index contributed by atoms with van der Waals surface area (Å²) in [6.45, 7) is 2.66. The van der Waals surface area contributed by atoms with Gasteiger partial charge in [0.15, 0.2) is 17.0 Å². The molecule has 5 rings (SSSR count). The molecule has 7 heteroatoms. The number of piperidine rings is 1. The Morgan fingerprint density at radius 1 is 0.933 bits per heavy atom. The molecule has 162 valence electrons. The van der Waals surface area contributed by atoms with Crippen LogP contribution >= 0.6 is 0 Å². The van der Waals surface area contributed by atoms with E-state index in [1.165, 1.54) is 44.9 Å². The number of aryl methyl sites for hydroxylation is 2. The van der Waals surface area contributed by atoms with Crippen molar-refractivity contribution in [2.75, 3.05) is 18.0 Å². The molecule has 2 fully saturated rings. The maximum Gasteiger partial charge on any atom is 0.225 e. The molecule has 7 nitrogen and oxygen atoms in total. The van der Waals surface area contributed by atoms with Gasteiger partial charge in [-0.05, 0) is 38.5 Å². The lowest BCUT2D eigenvalue weighted by Gasteiger charge is -2.33. The van der Waals surface area contributed by atoms with Crippen molar-refractivity contribution >= 4 is 22.9 Å². The first-order chi connectivity index (χ1) is 14.8. The van der Waals surface area contributed by atoms with Crippen molar-refractivity contribution in [2.45, 2.75) is 89.6 Å². The third-order valence-corrected chi connectivity index (χ3v) is 7.17. The zero-order chi connectivity index (χ0) is 20.3. The Morgan fingerprint density at radius 3 is 2.63 bits per heavy atom. The summed E-state index contributed by atoms with van der Waals surface area (Å²) < 4.78 is 2.29. The van der Waals surface area contributed by atoms with Gasteiger partial charge >= 0.3 is 0 Å². The maximum atomic E-state index is 13.0. The van der Waals surface area contributed by atoms with Crippen LogP contribution in [0.5, 0.6) is 0 Å². The van der Waals surface area contributed by atoms with E-state index in [0.29, 0.717) is 6.04 Å². The van der Waals surface area contributed by atoms with E-state index in [0.717, 1.165) is 74.5 Å². The fourth-order valence-corrected chi connectivity index (χ4v) is 5.48. The van der Waals surface area contributed by atoms with Gasteiger partial charge in [-0.15, -0.1) is 0 Å². The molecule has 1 aliphatic carbocycles. The minimum Gasteiger partial charge on any atom is -0.354 e. The number of rotatable bonds is 3. The lowest BCUT2D eigenvalue weighted by molar-refractivity contribution is -0.126. The highest BCUT2D eigenvalue weighted by molar-refractivity contribution is 5.85. The lowest BCUT2D eigenvalue weighted by atomic mass is 9.96. The fraction of sp³-hybridized carbons (Fsp3) is 0.739. The second-order valence-corrected chi connectivity index (χ2v) is 9.34. The van der Waals surface area contributed by atoms with Gasteiger partial charge in [0.2, 0.25) is 5.91 Å². The molecule has 1 saturated heterocycles. The number of anilines is 1. The van der Waals surface area contributed by atoms with E-state index < -0.39 is 0 Å². The van der Waals surface area contributed by atoms with Gasteiger partial charge in [-0.25, -0.2) is 15.0 Å². The fourth-order valence-electron chi connectivity index (χ4n) is 5.48. The van der Waals surface area contributed by atoms with Gasteiger partial charge < -0.3 is 14.8 Å². The summed E-state index contributed by atoms with van der Waals surface area (Å²) in [6.07, 6.45) is 15.7. The highest BCUT2D eigenvalue weighted by Gasteiger charge is 2.30. The molecular formula is C23H34N6O. The van der Waals surface area contributed by atoms with Crippen LogP contribution in [0.2, 0.25) is 0 Å². The number of carbonyl (C=O) groups is 1. The second kappa shape index (κ2) is 8.90. The van der Waals surface area contributed by atoms with Crippen molar-refractivity contribution in [3.05, 3.63) is 12.2 Å². The van der Waals surface area contributed by atoms with E-state index in [2.05, 4.69) is 24.8 Å². The highest BCUT2D eigenvalue weighted by Crippen LogP contribution is 2.29. The van der Waals surface area contributed by atoms with E-state index in [9.17, 15) is 4.79 Å². The number of aromatic nitrogens is 4. The SMILES string of the molecule is O=C(NC1CCCCCC1)[C@H]1CCCN(c2ncnc3c2nc2n3CCCCC2)C1. The highest BCUT2D eigenvalue weighted by atomic mass is 16.2. The minimum absolute atomic E-state index is 0.0347. The summed E-state index contributed by atoms with van der Waals surface area (Å²) in [4.78, 5) is 29.5. The van der Waals surface area contributed by atoms with Gasteiger partial charge in [0.1, 0.15) is 12.2 Å². The number of nitrogens with one attached hydrogen (secondary N) is 1. The molecule has 2 aliphatic heterocycles. The van der Waals surface area contributed by atoms with E-state index in [1.54, 1.807) is 6.33 Å². The van der Waals surface area contributed by atoms with Crippen molar-refractivity contribution in [1.29, 1.82) is 0 Å². The Balaban J connectivity index is 1.33. The summed E-state index contributed by atoms with van der Waals surface area (Å²) >= 11 is 0. The minimum atomic E-state index is 0.0347. The average Bonchev–Trinajstić information content (AvgIpc) is 2.96. The van der Waals surface area contributed by atoms with Gasteiger partial charge in [-0.3, -0.25) is 4.79 Å². The van der Waals surface area contributed by atoms with Crippen LogP contribution in [-0.4, -0.2) is 44.6 Å². The van der Waals surface area contributed by atoms with Crippen LogP contribution in [-0.2, 0) is 17.8 Å². The molecule has 1 atom stereocenters. The predicted octanol–water partition coefficient (Wildman–Crippen LogP) is 3.61. The largest absolute Gasteiger partial charge is 0.354 e. The summed E-state index contributed by atoms with van der Waals surface area (Å²) in [6, 6.07) is 0.366. The number of amides is 1. The van der Waals surface area contributed by atoms with E-state index in [-0.39, 0.29) is 11.8 Å². The van der Waals surface area contributed by atoms with E-state index in [4.69, 9.17) is 4.98 Å². The summed E-state index contributed by atoms with van der Waals surface area (Å²) in [5.74, 6) is 2.32. The molecule has 30 heavy (non-hydrogen) atoms. The zero-order valence-corrected chi connectivity index (χ0v) is 18.0. The zero-order valence-electron chi connectivity index (χ0n) is 18.0. The van der Waals surface area contributed by atoms with Gasteiger partial charge in [0.05, 0.1) is 5.92 Å². The molecule has 0 aromatic carbocycles. The number of imidazole rings is 1. The molecule has 2 aromatic rings. The van der Waals surface area contributed by atoms with Crippen molar-refractivity contribution in [3.63, 3.8) is 0 Å². The maximum absolute atomic E-state index is 13.0. The molecule has 1 N–H and O–H groups in total. The van der Waals surface area contributed by atoms with Crippen molar-refractivity contribution in [1.82, 2.24) is 24.8 Å². The standard InChI is InChI=1S/C23H34N6O/c30-23(26-18-10-4-1-2-5-11-18)17-9-8-13-28(15-17)21-20-22(25-16-24-21)29-14-7-3-6-12-19(29)27-20/h16-18H,1-15H2,(H,26,30)/t17-/m0/s1. The summed E-state index contributed by atoms with van der Waals surface area (Å²) in [5.41, 5.74) is 1.88. The third kappa shape index (κ3) is 4.03. The molecule has 1 saturated carbocycles. The van der Waals surface area contributed by atoms with Crippen LogP contribution in [0.4, 0.5) is 5.82 Å². The molecular weight excluding hydrogens is 376 g/mol. The quantitative estimate of drug-likeness (QED) is 0.783. The monoisotopic (exact) mass is 410 g/mol. The molecule has 0 radical (unpaired) electrons. The molecule has 2 aromatic heterocycles. The van der Waals surface area contributed by atoms with Gasteiger partial charge in [0.25, 0.3) is 0 Å². The normalized spacial score (nSPS) is 23.6. The molecule has 0 bridgehead atoms. The van der Waals surface area contributed by atoms with E-state index >= 15 is 0 Å². The van der Waals surface area contributed by atoms with Crippen molar-refractivity contribution in [2.24, 2.45) is 5.92 Å². The van der Waals surface area contributed by atoms with E-state index in [1.807, 2.05) is 0 Å². The van der Waals surface area contributed by atoms with Crippen LogP contribution in [0.1, 0.15) is 76.5 Å². The Kier molecular flexibility index (Phi) is 5.86. The second-order valence-electron chi connectivity index (χ2n) is 9.34.